The van der Waals surface area contributed by atoms with Crippen LogP contribution in [0.1, 0.15) is 39.5 Å². The van der Waals surface area contributed by atoms with Gasteiger partial charge in [0.25, 0.3) is 0 Å². The summed E-state index contributed by atoms with van der Waals surface area (Å²) in [6.45, 7) is 5.21. The van der Waals surface area contributed by atoms with Crippen molar-refractivity contribution in [3.63, 3.8) is 0 Å². The summed E-state index contributed by atoms with van der Waals surface area (Å²) in [6, 6.07) is 0. The Morgan fingerprint density at radius 1 is 1.33 bits per heavy atom. The predicted octanol–water partition coefficient (Wildman–Crippen LogP) is 1.99. The average molecular weight is 171 g/mol. The van der Waals surface area contributed by atoms with Gasteiger partial charge in [-0.05, 0) is 19.4 Å². The number of carbonyl (C=O) groups is 1. The van der Waals surface area contributed by atoms with Crippen LogP contribution in [0.2, 0.25) is 0 Å². The van der Waals surface area contributed by atoms with Crippen LogP contribution in [0.4, 0.5) is 0 Å². The second-order valence-corrected chi connectivity index (χ2v) is 3.68. The Morgan fingerprint density at radius 3 is 2.50 bits per heavy atom. The van der Waals surface area contributed by atoms with Crippen molar-refractivity contribution in [3.05, 3.63) is 0 Å². The molecule has 0 rings (SSSR count). The van der Waals surface area contributed by atoms with Gasteiger partial charge in [0.15, 0.2) is 0 Å². The maximum Gasteiger partial charge on any atom is 0.134 e. The Kier molecular flexibility index (Phi) is 7.06. The van der Waals surface area contributed by atoms with Gasteiger partial charge in [0.05, 0.1) is 0 Å². The molecule has 2 heteroatoms. The molecule has 0 aliphatic carbocycles. The first kappa shape index (κ1) is 11.6. The standard InChI is InChI=1S/C10H21NO/c1-9(2)5-4-6-10(12)7-8-11-3/h9,11H,4-8H2,1-3H3. The van der Waals surface area contributed by atoms with Gasteiger partial charge in [0, 0.05) is 19.4 Å². The van der Waals surface area contributed by atoms with Crippen molar-refractivity contribution in [3.8, 4) is 0 Å². The molecular formula is C10H21NO. The van der Waals surface area contributed by atoms with Gasteiger partial charge in [-0.1, -0.05) is 20.3 Å². The third kappa shape index (κ3) is 7.73. The van der Waals surface area contributed by atoms with E-state index >= 15 is 0 Å². The molecule has 0 aliphatic heterocycles. The van der Waals surface area contributed by atoms with E-state index in [-0.39, 0.29) is 0 Å². The molecule has 12 heavy (non-hydrogen) atoms. The summed E-state index contributed by atoms with van der Waals surface area (Å²) in [4.78, 5) is 11.1. The topological polar surface area (TPSA) is 29.1 Å². The van der Waals surface area contributed by atoms with Crippen LogP contribution in [-0.4, -0.2) is 19.4 Å². The van der Waals surface area contributed by atoms with Gasteiger partial charge in [-0.15, -0.1) is 0 Å². The maximum atomic E-state index is 11.1. The third-order valence-corrected chi connectivity index (χ3v) is 1.89. The lowest BCUT2D eigenvalue weighted by atomic mass is 10.0. The molecule has 0 amide bonds. The first-order valence-electron chi connectivity index (χ1n) is 4.83. The van der Waals surface area contributed by atoms with E-state index in [1.165, 1.54) is 6.42 Å². The van der Waals surface area contributed by atoms with Gasteiger partial charge in [0.1, 0.15) is 5.78 Å². The molecule has 0 saturated heterocycles. The van der Waals surface area contributed by atoms with Crippen molar-refractivity contribution in [2.24, 2.45) is 5.92 Å². The lowest BCUT2D eigenvalue weighted by Crippen LogP contribution is -2.12. The highest BCUT2D eigenvalue weighted by molar-refractivity contribution is 5.78. The molecule has 0 aromatic rings. The fraction of sp³-hybridized carbons (Fsp3) is 0.900. The molecule has 1 N–H and O–H groups in total. The van der Waals surface area contributed by atoms with E-state index < -0.39 is 0 Å². The van der Waals surface area contributed by atoms with E-state index in [1.807, 2.05) is 7.05 Å². The normalized spacial score (nSPS) is 10.7. The monoisotopic (exact) mass is 171 g/mol. The molecular weight excluding hydrogens is 150 g/mol. The summed E-state index contributed by atoms with van der Waals surface area (Å²) < 4.78 is 0. The number of nitrogens with one attached hydrogen (secondary N) is 1. The molecule has 0 atom stereocenters. The molecule has 0 aromatic heterocycles. The quantitative estimate of drug-likeness (QED) is 0.634. The van der Waals surface area contributed by atoms with Gasteiger partial charge in [-0.25, -0.2) is 0 Å². The number of ketones is 1. The summed E-state index contributed by atoms with van der Waals surface area (Å²) >= 11 is 0. The minimum Gasteiger partial charge on any atom is -0.319 e. The lowest BCUT2D eigenvalue weighted by molar-refractivity contribution is -0.119. The lowest BCUT2D eigenvalue weighted by Gasteiger charge is -2.03. The Hall–Kier alpha value is -0.370. The molecule has 0 unspecified atom stereocenters. The van der Waals surface area contributed by atoms with Gasteiger partial charge in [-0.2, -0.15) is 0 Å². The van der Waals surface area contributed by atoms with Gasteiger partial charge in [0.2, 0.25) is 0 Å². The number of hydrogen-bond acceptors (Lipinski definition) is 2. The van der Waals surface area contributed by atoms with Crippen LogP contribution in [0.15, 0.2) is 0 Å². The van der Waals surface area contributed by atoms with Gasteiger partial charge in [-0.3, -0.25) is 4.79 Å². The molecule has 0 radical (unpaired) electrons. The predicted molar refractivity (Wildman–Crippen MR) is 52.2 cm³/mol. The Bertz CT molecular complexity index is 121. The largest absolute Gasteiger partial charge is 0.319 e. The second-order valence-electron chi connectivity index (χ2n) is 3.68. The van der Waals surface area contributed by atoms with Crippen molar-refractivity contribution < 1.29 is 4.79 Å². The van der Waals surface area contributed by atoms with Gasteiger partial charge < -0.3 is 5.32 Å². The number of rotatable bonds is 7. The fourth-order valence-corrected chi connectivity index (χ4v) is 1.10. The Labute approximate surface area is 75.7 Å². The first-order chi connectivity index (χ1) is 5.66. The molecule has 0 bridgehead atoms. The highest BCUT2D eigenvalue weighted by Gasteiger charge is 2.01. The summed E-state index contributed by atoms with van der Waals surface area (Å²) in [5, 5.41) is 2.98. The Balaban J connectivity index is 3.20. The molecule has 72 valence electrons. The van der Waals surface area contributed by atoms with E-state index in [0.29, 0.717) is 12.2 Å². The van der Waals surface area contributed by atoms with E-state index in [9.17, 15) is 4.79 Å². The molecule has 0 aliphatic rings. The molecule has 0 fully saturated rings. The highest BCUT2D eigenvalue weighted by Crippen LogP contribution is 2.06. The number of carbonyl (C=O) groups excluding carboxylic acids is 1. The van der Waals surface area contributed by atoms with Crippen LogP contribution < -0.4 is 5.32 Å². The zero-order chi connectivity index (χ0) is 9.40. The van der Waals surface area contributed by atoms with Crippen LogP contribution >= 0.6 is 0 Å². The van der Waals surface area contributed by atoms with E-state index in [2.05, 4.69) is 19.2 Å². The summed E-state index contributed by atoms with van der Waals surface area (Å²) in [6.07, 6.45) is 3.68. The van der Waals surface area contributed by atoms with Crippen LogP contribution in [-0.2, 0) is 4.79 Å². The zero-order valence-corrected chi connectivity index (χ0v) is 8.52. The van der Waals surface area contributed by atoms with Crippen LogP contribution in [0, 0.1) is 5.92 Å². The average Bonchev–Trinajstić information content (AvgIpc) is 2.00. The fourth-order valence-electron chi connectivity index (χ4n) is 1.10. The van der Waals surface area contributed by atoms with E-state index in [0.717, 1.165) is 25.3 Å². The van der Waals surface area contributed by atoms with Crippen molar-refractivity contribution in [1.29, 1.82) is 0 Å². The van der Waals surface area contributed by atoms with E-state index in [1.54, 1.807) is 0 Å². The van der Waals surface area contributed by atoms with Crippen LogP contribution in [0.5, 0.6) is 0 Å². The smallest absolute Gasteiger partial charge is 0.134 e. The van der Waals surface area contributed by atoms with Gasteiger partial charge >= 0.3 is 0 Å². The highest BCUT2D eigenvalue weighted by atomic mass is 16.1. The second kappa shape index (κ2) is 7.29. The molecule has 2 nitrogen and oxygen atoms in total. The van der Waals surface area contributed by atoms with Crippen molar-refractivity contribution in [1.82, 2.24) is 5.32 Å². The molecule has 0 heterocycles. The minimum absolute atomic E-state index is 0.394. The van der Waals surface area contributed by atoms with Crippen LogP contribution in [0.3, 0.4) is 0 Å². The summed E-state index contributed by atoms with van der Waals surface area (Å²) in [5.74, 6) is 1.12. The number of hydrogen-bond donors (Lipinski definition) is 1. The maximum absolute atomic E-state index is 11.1. The minimum atomic E-state index is 0.394. The summed E-state index contributed by atoms with van der Waals surface area (Å²) in [5.41, 5.74) is 0. The van der Waals surface area contributed by atoms with Crippen molar-refractivity contribution in [2.45, 2.75) is 39.5 Å². The SMILES string of the molecule is CNCCC(=O)CCCC(C)C. The van der Waals surface area contributed by atoms with Crippen molar-refractivity contribution >= 4 is 5.78 Å². The number of Topliss-reactive ketones (excluding diaryl/α,β-unsaturated/α-hetero) is 1. The van der Waals surface area contributed by atoms with Crippen LogP contribution in [0.25, 0.3) is 0 Å². The summed E-state index contributed by atoms with van der Waals surface area (Å²) in [7, 11) is 1.88. The van der Waals surface area contributed by atoms with Crippen molar-refractivity contribution in [2.75, 3.05) is 13.6 Å². The molecule has 0 aromatic carbocycles. The van der Waals surface area contributed by atoms with E-state index in [4.69, 9.17) is 0 Å². The Morgan fingerprint density at radius 2 is 2.00 bits per heavy atom. The zero-order valence-electron chi connectivity index (χ0n) is 8.52. The molecule has 0 spiro atoms. The first-order valence-corrected chi connectivity index (χ1v) is 4.83. The third-order valence-electron chi connectivity index (χ3n) is 1.89. The molecule has 0 saturated carbocycles.